The molecule has 0 saturated heterocycles. The average molecular weight is 605 g/mol. The zero-order valence-corrected chi connectivity index (χ0v) is 24.7. The van der Waals surface area contributed by atoms with Crippen molar-refractivity contribution in [2.24, 2.45) is 0 Å². The minimum atomic E-state index is -4.21. The van der Waals surface area contributed by atoms with Crippen molar-refractivity contribution in [2.75, 3.05) is 4.31 Å². The van der Waals surface area contributed by atoms with Crippen molar-refractivity contribution in [3.05, 3.63) is 112 Å². The summed E-state index contributed by atoms with van der Waals surface area (Å²) in [4.78, 5) is 4.14. The average Bonchev–Trinajstić information content (AvgIpc) is 3.38. The Morgan fingerprint density at radius 3 is 2.21 bits per heavy atom. The zero-order valence-electron chi connectivity index (χ0n) is 21.6. The van der Waals surface area contributed by atoms with E-state index < -0.39 is 16.1 Å². The van der Waals surface area contributed by atoms with Gasteiger partial charge in [-0.2, -0.15) is 0 Å². The van der Waals surface area contributed by atoms with E-state index in [1.165, 1.54) is 0 Å². The second-order valence-corrected chi connectivity index (χ2v) is 13.1. The fourth-order valence-electron chi connectivity index (χ4n) is 4.03. The predicted octanol–water partition coefficient (Wildman–Crippen LogP) is 7.30. The van der Waals surface area contributed by atoms with Gasteiger partial charge in [-0.25, -0.2) is 17.7 Å². The summed E-state index contributed by atoms with van der Waals surface area (Å²) in [6.45, 7) is 6.48. The van der Waals surface area contributed by atoms with Crippen molar-refractivity contribution >= 4 is 56.5 Å². The first-order valence-electron chi connectivity index (χ1n) is 12.0. The maximum absolute atomic E-state index is 14.0. The Hall–Kier alpha value is -3.04. The van der Waals surface area contributed by atoms with Crippen LogP contribution in [0.4, 0.5) is 5.69 Å². The summed E-state index contributed by atoms with van der Waals surface area (Å²) in [5.74, 6) is -0.367. The zero-order chi connectivity index (χ0) is 28.4. The lowest BCUT2D eigenvalue weighted by molar-refractivity contribution is 0.528. The van der Waals surface area contributed by atoms with Crippen LogP contribution in [-0.4, -0.2) is 23.9 Å². The van der Waals surface area contributed by atoms with Crippen LogP contribution in [0.3, 0.4) is 0 Å². The molecule has 0 fully saturated rings. The number of hydrogen-bond donors (Lipinski definition) is 2. The van der Waals surface area contributed by atoms with Crippen LogP contribution >= 0.6 is 34.8 Å². The van der Waals surface area contributed by atoms with E-state index in [0.717, 1.165) is 9.87 Å². The fraction of sp³-hybridized carbons (Fsp3) is 0.214. The molecule has 1 heterocycles. The summed E-state index contributed by atoms with van der Waals surface area (Å²) in [5, 5.41) is 13.4. The summed E-state index contributed by atoms with van der Waals surface area (Å²) in [6, 6.07) is 17.4. The van der Waals surface area contributed by atoms with Crippen LogP contribution in [0.5, 0.6) is 0 Å². The number of nitrogens with zero attached hydrogens (tertiary/aromatic N) is 3. The van der Waals surface area contributed by atoms with Crippen LogP contribution in [0.2, 0.25) is 15.1 Å². The van der Waals surface area contributed by atoms with Gasteiger partial charge in [-0.15, -0.1) is 0 Å². The third-order valence-electron chi connectivity index (χ3n) is 6.12. The van der Waals surface area contributed by atoms with Crippen molar-refractivity contribution in [2.45, 2.75) is 43.7 Å². The molecule has 39 heavy (non-hydrogen) atoms. The number of hydrogen-bond acceptors (Lipinski definition) is 4. The molecule has 0 radical (unpaired) electrons. The highest BCUT2D eigenvalue weighted by molar-refractivity contribution is 7.93. The Morgan fingerprint density at radius 1 is 1.00 bits per heavy atom. The highest BCUT2D eigenvalue weighted by Gasteiger charge is 2.31. The van der Waals surface area contributed by atoms with Crippen LogP contribution in [0, 0.1) is 5.41 Å². The summed E-state index contributed by atoms with van der Waals surface area (Å²) < 4.78 is 30.8. The van der Waals surface area contributed by atoms with Crippen LogP contribution < -0.4 is 9.62 Å². The molecule has 3 aromatic carbocycles. The molecule has 204 valence electrons. The lowest BCUT2D eigenvalue weighted by Gasteiger charge is -2.29. The van der Waals surface area contributed by atoms with Crippen LogP contribution in [-0.2, 0) is 22.0 Å². The smallest absolute Gasteiger partial charge is 0.271 e. The third kappa shape index (κ3) is 6.76. The van der Waals surface area contributed by atoms with Crippen molar-refractivity contribution in [1.29, 1.82) is 5.41 Å². The first-order valence-corrected chi connectivity index (χ1v) is 14.6. The molecule has 0 amide bonds. The number of nitrogens with one attached hydrogen (secondary N) is 2. The second kappa shape index (κ2) is 11.6. The summed E-state index contributed by atoms with van der Waals surface area (Å²) in [5.41, 5.74) is 1.73. The molecule has 0 aliphatic carbocycles. The van der Waals surface area contributed by atoms with Crippen molar-refractivity contribution in [3.8, 4) is 0 Å². The van der Waals surface area contributed by atoms with Gasteiger partial charge in [-0.1, -0.05) is 73.8 Å². The van der Waals surface area contributed by atoms with E-state index in [0.29, 0.717) is 27.2 Å². The number of aromatic nitrogens is 2. The SMILES string of the molecule is CC(C)(C)c1ccc(S(=O)(=O)N(C(=N)NC(Cn2ccnc2)c2ccc(Cl)cc2Cl)c2ccc(Cl)cc2)cc1. The Balaban J connectivity index is 1.76. The minimum absolute atomic E-state index is 0.0488. The number of imidazole rings is 1. The molecule has 7 nitrogen and oxygen atoms in total. The monoisotopic (exact) mass is 603 g/mol. The van der Waals surface area contributed by atoms with E-state index >= 15 is 0 Å². The van der Waals surface area contributed by atoms with E-state index in [-0.39, 0.29) is 22.0 Å². The second-order valence-electron chi connectivity index (χ2n) is 9.99. The van der Waals surface area contributed by atoms with Gasteiger partial charge in [0.05, 0.1) is 23.0 Å². The maximum atomic E-state index is 14.0. The van der Waals surface area contributed by atoms with Gasteiger partial charge in [0.2, 0.25) is 5.96 Å². The highest BCUT2D eigenvalue weighted by atomic mass is 35.5. The molecule has 2 N–H and O–H groups in total. The molecule has 1 atom stereocenters. The minimum Gasteiger partial charge on any atom is -0.347 e. The van der Waals surface area contributed by atoms with Gasteiger partial charge in [-0.05, 0) is 65.1 Å². The third-order valence-corrected chi connectivity index (χ3v) is 8.68. The summed E-state index contributed by atoms with van der Waals surface area (Å²) >= 11 is 18.7. The molecule has 4 aromatic rings. The number of rotatable bonds is 7. The number of halogens is 3. The Bertz CT molecular complexity index is 1550. The first kappa shape index (κ1) is 29.0. The molecule has 4 rings (SSSR count). The fourth-order valence-corrected chi connectivity index (χ4v) is 6.08. The standard InChI is InChI=1S/C28H28Cl3N5O2S/c1-28(2,3)19-4-11-23(12-5-19)39(37,38)36(22-9-6-20(29)7-10-22)27(32)34-26(17-35-15-14-33-18-35)24-13-8-21(30)16-25(24)31/h4-16,18,26H,17H2,1-3H3,(H2,32,34). The number of guanidine groups is 1. The van der Waals surface area contributed by atoms with E-state index in [9.17, 15) is 8.42 Å². The van der Waals surface area contributed by atoms with Crippen molar-refractivity contribution in [1.82, 2.24) is 14.9 Å². The number of benzene rings is 3. The molecule has 0 aliphatic heterocycles. The van der Waals surface area contributed by atoms with E-state index in [1.54, 1.807) is 85.5 Å². The van der Waals surface area contributed by atoms with Crippen molar-refractivity contribution in [3.63, 3.8) is 0 Å². The molecular formula is C28H28Cl3N5O2S. The molecule has 1 aromatic heterocycles. The topological polar surface area (TPSA) is 91.1 Å². The lowest BCUT2D eigenvalue weighted by Crippen LogP contribution is -2.46. The van der Waals surface area contributed by atoms with E-state index in [2.05, 4.69) is 31.1 Å². The van der Waals surface area contributed by atoms with Gasteiger partial charge in [-0.3, -0.25) is 5.41 Å². The van der Waals surface area contributed by atoms with E-state index in [4.69, 9.17) is 40.2 Å². The molecule has 1 unspecified atom stereocenters. The Labute approximate surface area is 243 Å². The maximum Gasteiger partial charge on any atom is 0.271 e. The quantitative estimate of drug-likeness (QED) is 0.171. The number of anilines is 1. The van der Waals surface area contributed by atoms with Crippen LogP contribution in [0.25, 0.3) is 0 Å². The normalized spacial score (nSPS) is 12.7. The molecule has 0 saturated carbocycles. The Morgan fingerprint density at radius 2 is 1.64 bits per heavy atom. The van der Waals surface area contributed by atoms with E-state index in [1.807, 2.05) is 4.57 Å². The molecule has 11 heteroatoms. The van der Waals surface area contributed by atoms with Gasteiger partial charge in [0.25, 0.3) is 10.0 Å². The molecule has 0 aliphatic rings. The van der Waals surface area contributed by atoms with Crippen LogP contribution in [0.15, 0.2) is 90.3 Å². The molecule has 0 bridgehead atoms. The largest absolute Gasteiger partial charge is 0.347 e. The number of sulfonamides is 1. The molecular weight excluding hydrogens is 577 g/mol. The van der Waals surface area contributed by atoms with Gasteiger partial charge in [0.15, 0.2) is 0 Å². The summed E-state index contributed by atoms with van der Waals surface area (Å²) in [7, 11) is -4.21. The van der Waals surface area contributed by atoms with Crippen LogP contribution in [0.1, 0.15) is 37.9 Å². The predicted molar refractivity (Wildman–Crippen MR) is 159 cm³/mol. The van der Waals surface area contributed by atoms with Gasteiger partial charge in [0.1, 0.15) is 0 Å². The van der Waals surface area contributed by atoms with Gasteiger partial charge >= 0.3 is 0 Å². The van der Waals surface area contributed by atoms with Crippen molar-refractivity contribution < 1.29 is 8.42 Å². The summed E-state index contributed by atoms with van der Waals surface area (Å²) in [6.07, 6.45) is 5.04. The van der Waals surface area contributed by atoms with Gasteiger partial charge in [0, 0.05) is 34.0 Å². The highest BCUT2D eigenvalue weighted by Crippen LogP contribution is 2.31. The Kier molecular flexibility index (Phi) is 8.61. The first-order chi connectivity index (χ1) is 18.4. The lowest BCUT2D eigenvalue weighted by atomic mass is 9.87. The molecule has 0 spiro atoms. The van der Waals surface area contributed by atoms with Gasteiger partial charge < -0.3 is 9.88 Å².